The molecule has 134 valence electrons. The molecule has 0 saturated carbocycles. The molecule has 10 heteroatoms. The number of rotatable bonds is 5. The average molecular weight is 366 g/mol. The smallest absolute Gasteiger partial charge is 0.232 e. The van der Waals surface area contributed by atoms with E-state index in [2.05, 4.69) is 20.3 Å². The lowest BCUT2D eigenvalue weighted by Crippen LogP contribution is -2.33. The lowest BCUT2D eigenvalue weighted by atomic mass is 10.2. The van der Waals surface area contributed by atoms with E-state index in [1.807, 2.05) is 11.9 Å². The second-order valence-corrected chi connectivity index (χ2v) is 8.27. The molecule has 1 aromatic carbocycles. The summed E-state index contributed by atoms with van der Waals surface area (Å²) < 4.78 is 36.2. The highest BCUT2D eigenvalue weighted by Crippen LogP contribution is 2.19. The van der Waals surface area contributed by atoms with Crippen LogP contribution in [-0.2, 0) is 16.4 Å². The van der Waals surface area contributed by atoms with Gasteiger partial charge in [0.15, 0.2) is 9.84 Å². The predicted molar refractivity (Wildman–Crippen MR) is 92.4 cm³/mol. The van der Waals surface area contributed by atoms with E-state index in [1.165, 1.54) is 12.1 Å². The molecule has 8 nitrogen and oxygen atoms in total. The maximum atomic E-state index is 13.0. The summed E-state index contributed by atoms with van der Waals surface area (Å²) in [5.41, 5.74) is 6.35. The van der Waals surface area contributed by atoms with Crippen LogP contribution in [0.25, 0.3) is 0 Å². The Labute approximate surface area is 145 Å². The number of nitrogen functional groups attached to an aromatic ring is 1. The summed E-state index contributed by atoms with van der Waals surface area (Å²) in [6, 6.07) is 5.70. The van der Waals surface area contributed by atoms with Gasteiger partial charge in [-0.3, -0.25) is 4.90 Å². The number of hydrogen-bond acceptors (Lipinski definition) is 8. The first kappa shape index (κ1) is 17.5. The van der Waals surface area contributed by atoms with Crippen LogP contribution in [0.2, 0.25) is 0 Å². The minimum atomic E-state index is -2.96. The average Bonchev–Trinajstić information content (AvgIpc) is 2.89. The molecule has 0 aliphatic carbocycles. The summed E-state index contributed by atoms with van der Waals surface area (Å²) in [4.78, 5) is 14.3. The van der Waals surface area contributed by atoms with E-state index in [0.717, 1.165) is 0 Å². The Hall–Kier alpha value is -2.33. The Morgan fingerprint density at radius 3 is 2.64 bits per heavy atom. The van der Waals surface area contributed by atoms with Crippen LogP contribution in [0.3, 0.4) is 0 Å². The number of hydrogen-bond donors (Lipinski definition) is 2. The molecule has 1 saturated heterocycles. The van der Waals surface area contributed by atoms with Gasteiger partial charge in [0.25, 0.3) is 0 Å². The zero-order valence-corrected chi connectivity index (χ0v) is 14.5. The molecule has 1 aliphatic rings. The summed E-state index contributed by atoms with van der Waals surface area (Å²) in [6.07, 6.45) is 0.597. The highest BCUT2D eigenvalue weighted by atomic mass is 32.2. The largest absolute Gasteiger partial charge is 0.368 e. The molecular formula is C15H19FN6O2S. The fraction of sp³-hybridized carbons (Fsp3) is 0.400. The van der Waals surface area contributed by atoms with Gasteiger partial charge in [-0.05, 0) is 37.7 Å². The summed E-state index contributed by atoms with van der Waals surface area (Å²) in [7, 11) is -1.12. The molecule has 1 unspecified atom stereocenters. The Morgan fingerprint density at radius 1 is 1.28 bits per heavy atom. The second kappa shape index (κ2) is 6.89. The van der Waals surface area contributed by atoms with E-state index in [4.69, 9.17) is 5.73 Å². The number of halogens is 1. The van der Waals surface area contributed by atoms with Gasteiger partial charge in [-0.1, -0.05) is 0 Å². The van der Waals surface area contributed by atoms with Gasteiger partial charge in [0.1, 0.15) is 11.6 Å². The third-order valence-corrected chi connectivity index (χ3v) is 5.77. The molecule has 1 fully saturated rings. The van der Waals surface area contributed by atoms with E-state index < -0.39 is 9.84 Å². The van der Waals surface area contributed by atoms with Crippen LogP contribution in [0.15, 0.2) is 24.3 Å². The van der Waals surface area contributed by atoms with Crippen LogP contribution in [-0.4, -0.2) is 52.9 Å². The van der Waals surface area contributed by atoms with Gasteiger partial charge in [-0.2, -0.15) is 15.0 Å². The van der Waals surface area contributed by atoms with Crippen LogP contribution in [0.1, 0.15) is 12.2 Å². The van der Waals surface area contributed by atoms with E-state index in [0.29, 0.717) is 24.5 Å². The third kappa shape index (κ3) is 4.60. The van der Waals surface area contributed by atoms with Gasteiger partial charge >= 0.3 is 0 Å². The van der Waals surface area contributed by atoms with Crippen molar-refractivity contribution in [1.82, 2.24) is 19.9 Å². The topological polar surface area (TPSA) is 114 Å². The molecule has 0 spiro atoms. The summed E-state index contributed by atoms with van der Waals surface area (Å²) in [5, 5.41) is 2.94. The number of aromatic nitrogens is 3. The molecule has 3 N–H and O–H groups in total. The van der Waals surface area contributed by atoms with Crippen molar-refractivity contribution in [2.24, 2.45) is 0 Å². The molecule has 0 radical (unpaired) electrons. The third-order valence-electron chi connectivity index (χ3n) is 4.02. The van der Waals surface area contributed by atoms with Gasteiger partial charge < -0.3 is 11.1 Å². The quantitative estimate of drug-likeness (QED) is 0.804. The van der Waals surface area contributed by atoms with Crippen molar-refractivity contribution in [2.75, 3.05) is 29.6 Å². The zero-order chi connectivity index (χ0) is 18.0. The fourth-order valence-electron chi connectivity index (χ4n) is 2.70. The number of benzene rings is 1. The minimum Gasteiger partial charge on any atom is -0.368 e. The lowest BCUT2D eigenvalue weighted by molar-refractivity contribution is 0.248. The van der Waals surface area contributed by atoms with Gasteiger partial charge in [-0.25, -0.2) is 12.8 Å². The second-order valence-electron chi connectivity index (χ2n) is 6.04. The van der Waals surface area contributed by atoms with Crippen molar-refractivity contribution in [3.8, 4) is 0 Å². The van der Waals surface area contributed by atoms with E-state index in [1.54, 1.807) is 12.1 Å². The molecule has 1 aliphatic heterocycles. The summed E-state index contributed by atoms with van der Waals surface area (Å²) in [5.74, 6) is 0.755. The molecule has 2 heterocycles. The monoisotopic (exact) mass is 366 g/mol. The lowest BCUT2D eigenvalue weighted by Gasteiger charge is -2.22. The molecule has 0 amide bonds. The van der Waals surface area contributed by atoms with Gasteiger partial charge in [0, 0.05) is 11.7 Å². The minimum absolute atomic E-state index is 0.0575. The number of nitrogens with two attached hydrogens (primary N) is 1. The molecule has 1 atom stereocenters. The van der Waals surface area contributed by atoms with Crippen LogP contribution >= 0.6 is 0 Å². The van der Waals surface area contributed by atoms with Crippen molar-refractivity contribution >= 4 is 27.4 Å². The van der Waals surface area contributed by atoms with Gasteiger partial charge in [0.2, 0.25) is 11.9 Å². The Bertz CT molecular complexity index is 859. The Kier molecular flexibility index (Phi) is 4.82. The van der Waals surface area contributed by atoms with Crippen LogP contribution in [0.4, 0.5) is 22.0 Å². The molecule has 3 rings (SSSR count). The molecule has 1 aromatic heterocycles. The van der Waals surface area contributed by atoms with Gasteiger partial charge in [-0.15, -0.1) is 0 Å². The van der Waals surface area contributed by atoms with Crippen molar-refractivity contribution in [1.29, 1.82) is 0 Å². The van der Waals surface area contributed by atoms with E-state index >= 15 is 0 Å². The first-order valence-corrected chi connectivity index (χ1v) is 9.56. The number of sulfone groups is 1. The van der Waals surface area contributed by atoms with Crippen molar-refractivity contribution in [3.05, 3.63) is 35.9 Å². The maximum Gasteiger partial charge on any atom is 0.232 e. The number of nitrogens with zero attached hydrogens (tertiary/aromatic N) is 4. The van der Waals surface area contributed by atoms with Crippen LogP contribution in [0, 0.1) is 5.82 Å². The first-order valence-electron chi connectivity index (χ1n) is 7.74. The molecule has 0 bridgehead atoms. The normalized spacial score (nSPS) is 19.2. The maximum absolute atomic E-state index is 13.0. The van der Waals surface area contributed by atoms with E-state index in [9.17, 15) is 12.8 Å². The molecule has 25 heavy (non-hydrogen) atoms. The van der Waals surface area contributed by atoms with Crippen LogP contribution in [0.5, 0.6) is 0 Å². The zero-order valence-electron chi connectivity index (χ0n) is 13.7. The SMILES string of the molecule is CN(Cc1nc(N)nc(Nc2ccc(F)cc2)n1)C1CCS(=O)(=O)C1. The highest BCUT2D eigenvalue weighted by molar-refractivity contribution is 7.91. The standard InChI is InChI=1S/C15H19FN6O2S/c1-22(12-6-7-25(23,24)9-12)8-13-19-14(17)21-15(20-13)18-11-4-2-10(16)3-5-11/h2-5,12H,6-9H2,1H3,(H3,17,18,19,20,21). The summed E-state index contributed by atoms with van der Waals surface area (Å²) in [6.45, 7) is 0.352. The van der Waals surface area contributed by atoms with Crippen molar-refractivity contribution < 1.29 is 12.8 Å². The van der Waals surface area contributed by atoms with Crippen molar-refractivity contribution in [3.63, 3.8) is 0 Å². The number of nitrogens with one attached hydrogen (secondary N) is 1. The Morgan fingerprint density at radius 2 is 2.00 bits per heavy atom. The summed E-state index contributed by atoms with van der Waals surface area (Å²) >= 11 is 0. The van der Waals surface area contributed by atoms with Crippen molar-refractivity contribution in [2.45, 2.75) is 19.0 Å². The first-order chi connectivity index (χ1) is 11.8. The molecular weight excluding hydrogens is 347 g/mol. The van der Waals surface area contributed by atoms with E-state index in [-0.39, 0.29) is 35.3 Å². The van der Waals surface area contributed by atoms with Crippen LogP contribution < -0.4 is 11.1 Å². The highest BCUT2D eigenvalue weighted by Gasteiger charge is 2.30. The van der Waals surface area contributed by atoms with Gasteiger partial charge in [0.05, 0.1) is 18.1 Å². The molecule has 2 aromatic rings. The Balaban J connectivity index is 1.72. The number of anilines is 3. The fourth-order valence-corrected chi connectivity index (χ4v) is 4.51. The predicted octanol–water partition coefficient (Wildman–Crippen LogP) is 0.955.